The summed E-state index contributed by atoms with van der Waals surface area (Å²) in [5.74, 6) is 1.54. The minimum absolute atomic E-state index is 0.169. The summed E-state index contributed by atoms with van der Waals surface area (Å²) in [7, 11) is 1.94. The summed E-state index contributed by atoms with van der Waals surface area (Å²) in [6.07, 6.45) is 8.80. The van der Waals surface area contributed by atoms with Gasteiger partial charge in [-0.1, -0.05) is 19.3 Å². The zero-order valence-electron chi connectivity index (χ0n) is 9.09. The maximum Gasteiger partial charge on any atom is 0.153 e. The zero-order chi connectivity index (χ0) is 9.97. The average molecular weight is 195 g/mol. The van der Waals surface area contributed by atoms with E-state index in [0.717, 1.165) is 12.8 Å². The van der Waals surface area contributed by atoms with E-state index in [1.165, 1.54) is 32.1 Å². The highest BCUT2D eigenvalue weighted by Gasteiger charge is 2.37. The number of carbonyl (C=O) groups is 1. The predicted octanol–water partition coefficient (Wildman–Crippen LogP) is 2.13. The first-order valence-electron chi connectivity index (χ1n) is 6.04. The van der Waals surface area contributed by atoms with E-state index in [0.29, 0.717) is 17.6 Å². The maximum atomic E-state index is 12.0. The van der Waals surface area contributed by atoms with Gasteiger partial charge >= 0.3 is 0 Å². The largest absolute Gasteiger partial charge is 0.310 e. The van der Waals surface area contributed by atoms with E-state index < -0.39 is 0 Å². The first-order chi connectivity index (χ1) is 6.83. The third-order valence-electron chi connectivity index (χ3n) is 3.72. The molecular weight excluding hydrogens is 174 g/mol. The highest BCUT2D eigenvalue weighted by molar-refractivity contribution is 5.88. The number of rotatable bonds is 4. The van der Waals surface area contributed by atoms with Crippen molar-refractivity contribution < 1.29 is 4.79 Å². The van der Waals surface area contributed by atoms with E-state index in [9.17, 15) is 4.79 Å². The number of hydrogen-bond acceptors (Lipinski definition) is 2. The molecule has 0 aliphatic heterocycles. The van der Waals surface area contributed by atoms with Gasteiger partial charge in [0.1, 0.15) is 0 Å². The molecule has 0 spiro atoms. The summed E-state index contributed by atoms with van der Waals surface area (Å²) < 4.78 is 0. The molecule has 14 heavy (non-hydrogen) atoms. The Kier molecular flexibility index (Phi) is 3.22. The molecule has 0 aromatic heterocycles. The van der Waals surface area contributed by atoms with Crippen LogP contribution in [0.25, 0.3) is 0 Å². The number of ketones is 1. The van der Waals surface area contributed by atoms with Gasteiger partial charge in [-0.15, -0.1) is 0 Å². The molecule has 2 heteroatoms. The fourth-order valence-electron chi connectivity index (χ4n) is 2.70. The molecule has 0 aromatic rings. The van der Waals surface area contributed by atoms with Gasteiger partial charge in [0.15, 0.2) is 5.78 Å². The standard InChI is InChI=1S/C12H21NO/c1-13-11(12(14)10-7-8-10)9-5-3-2-4-6-9/h9-11,13H,2-8H2,1H3/t11-/m0/s1. The van der Waals surface area contributed by atoms with Crippen molar-refractivity contribution >= 4 is 5.78 Å². The quantitative estimate of drug-likeness (QED) is 0.744. The Morgan fingerprint density at radius 3 is 2.29 bits per heavy atom. The van der Waals surface area contributed by atoms with Crippen LogP contribution in [0, 0.1) is 11.8 Å². The van der Waals surface area contributed by atoms with E-state index >= 15 is 0 Å². The zero-order valence-corrected chi connectivity index (χ0v) is 9.09. The number of likely N-dealkylation sites (N-methyl/N-ethyl adjacent to an activating group) is 1. The lowest BCUT2D eigenvalue weighted by Gasteiger charge is -2.29. The second-order valence-corrected chi connectivity index (χ2v) is 4.84. The van der Waals surface area contributed by atoms with Crippen LogP contribution >= 0.6 is 0 Å². The molecule has 2 fully saturated rings. The fourth-order valence-corrected chi connectivity index (χ4v) is 2.70. The Balaban J connectivity index is 1.92. The molecule has 0 unspecified atom stereocenters. The second kappa shape index (κ2) is 4.43. The molecule has 0 aromatic carbocycles. The Hall–Kier alpha value is -0.370. The molecule has 0 bridgehead atoms. The minimum Gasteiger partial charge on any atom is -0.310 e. The van der Waals surface area contributed by atoms with Gasteiger partial charge in [-0.05, 0) is 38.6 Å². The molecule has 80 valence electrons. The van der Waals surface area contributed by atoms with E-state index in [-0.39, 0.29) is 6.04 Å². The van der Waals surface area contributed by atoms with Gasteiger partial charge in [-0.25, -0.2) is 0 Å². The van der Waals surface area contributed by atoms with E-state index in [1.807, 2.05) is 7.05 Å². The van der Waals surface area contributed by atoms with Crippen molar-refractivity contribution in [2.45, 2.75) is 51.0 Å². The molecule has 0 heterocycles. The van der Waals surface area contributed by atoms with Crippen LogP contribution in [0.3, 0.4) is 0 Å². The number of hydrogen-bond donors (Lipinski definition) is 1. The molecule has 1 atom stereocenters. The Bertz CT molecular complexity index is 204. The molecule has 0 amide bonds. The molecular formula is C12H21NO. The van der Waals surface area contributed by atoms with Gasteiger partial charge in [0.05, 0.1) is 6.04 Å². The van der Waals surface area contributed by atoms with Crippen molar-refractivity contribution in [1.29, 1.82) is 0 Å². The Morgan fingerprint density at radius 2 is 1.79 bits per heavy atom. The summed E-state index contributed by atoms with van der Waals surface area (Å²) in [6.45, 7) is 0. The van der Waals surface area contributed by atoms with Gasteiger partial charge in [0.25, 0.3) is 0 Å². The third kappa shape index (κ3) is 2.17. The summed E-state index contributed by atoms with van der Waals surface area (Å²) in [5, 5.41) is 3.24. The first kappa shape index (κ1) is 10.2. The molecule has 2 nitrogen and oxygen atoms in total. The lowest BCUT2D eigenvalue weighted by molar-refractivity contribution is -0.123. The van der Waals surface area contributed by atoms with Crippen molar-refractivity contribution in [3.8, 4) is 0 Å². The topological polar surface area (TPSA) is 29.1 Å². The van der Waals surface area contributed by atoms with Gasteiger partial charge in [0.2, 0.25) is 0 Å². The summed E-state index contributed by atoms with van der Waals surface area (Å²) in [5.41, 5.74) is 0. The van der Waals surface area contributed by atoms with Gasteiger partial charge < -0.3 is 5.32 Å². The Labute approximate surface area is 86.5 Å². The number of carbonyl (C=O) groups excluding carboxylic acids is 1. The van der Waals surface area contributed by atoms with Crippen molar-refractivity contribution in [1.82, 2.24) is 5.32 Å². The van der Waals surface area contributed by atoms with E-state index in [4.69, 9.17) is 0 Å². The van der Waals surface area contributed by atoms with Crippen molar-refractivity contribution in [3.63, 3.8) is 0 Å². The Morgan fingerprint density at radius 1 is 1.14 bits per heavy atom. The molecule has 2 aliphatic rings. The normalized spacial score (nSPS) is 26.1. The monoisotopic (exact) mass is 195 g/mol. The van der Waals surface area contributed by atoms with Crippen molar-refractivity contribution in [2.24, 2.45) is 11.8 Å². The lowest BCUT2D eigenvalue weighted by atomic mass is 9.81. The molecule has 0 saturated heterocycles. The second-order valence-electron chi connectivity index (χ2n) is 4.84. The number of Topliss-reactive ketones (excluding diaryl/α,β-unsaturated/α-hetero) is 1. The highest BCUT2D eigenvalue weighted by atomic mass is 16.1. The molecule has 2 saturated carbocycles. The van der Waals surface area contributed by atoms with Crippen LogP contribution in [0.5, 0.6) is 0 Å². The van der Waals surface area contributed by atoms with Crippen LogP contribution in [0.2, 0.25) is 0 Å². The maximum absolute atomic E-state index is 12.0. The fraction of sp³-hybridized carbons (Fsp3) is 0.917. The predicted molar refractivity (Wildman–Crippen MR) is 57.2 cm³/mol. The molecule has 1 N–H and O–H groups in total. The van der Waals surface area contributed by atoms with Crippen LogP contribution in [-0.4, -0.2) is 18.9 Å². The molecule has 0 radical (unpaired) electrons. The number of nitrogens with one attached hydrogen (secondary N) is 1. The van der Waals surface area contributed by atoms with Crippen LogP contribution in [0.1, 0.15) is 44.9 Å². The first-order valence-corrected chi connectivity index (χ1v) is 6.04. The van der Waals surface area contributed by atoms with Gasteiger partial charge in [-0.3, -0.25) is 4.79 Å². The lowest BCUT2D eigenvalue weighted by Crippen LogP contribution is -2.42. The molecule has 2 rings (SSSR count). The van der Waals surface area contributed by atoms with Crippen LogP contribution < -0.4 is 5.32 Å². The highest BCUT2D eigenvalue weighted by Crippen LogP contribution is 2.35. The summed E-state index contributed by atoms with van der Waals surface area (Å²) in [6, 6.07) is 0.169. The summed E-state index contributed by atoms with van der Waals surface area (Å²) in [4.78, 5) is 12.0. The smallest absolute Gasteiger partial charge is 0.153 e. The van der Waals surface area contributed by atoms with Crippen LogP contribution in [0.15, 0.2) is 0 Å². The van der Waals surface area contributed by atoms with Crippen molar-refractivity contribution in [3.05, 3.63) is 0 Å². The van der Waals surface area contributed by atoms with Crippen LogP contribution in [0.4, 0.5) is 0 Å². The minimum atomic E-state index is 0.169. The SMILES string of the molecule is CN[C@H](C(=O)C1CC1)C1CCCCC1. The van der Waals surface area contributed by atoms with E-state index in [2.05, 4.69) is 5.32 Å². The van der Waals surface area contributed by atoms with Gasteiger partial charge in [0, 0.05) is 5.92 Å². The molecule has 2 aliphatic carbocycles. The average Bonchev–Trinajstić information content (AvgIpc) is 3.03. The van der Waals surface area contributed by atoms with Gasteiger partial charge in [-0.2, -0.15) is 0 Å². The third-order valence-corrected chi connectivity index (χ3v) is 3.72. The van der Waals surface area contributed by atoms with Crippen LogP contribution in [-0.2, 0) is 4.79 Å². The van der Waals surface area contributed by atoms with E-state index in [1.54, 1.807) is 0 Å². The summed E-state index contributed by atoms with van der Waals surface area (Å²) >= 11 is 0. The van der Waals surface area contributed by atoms with Crippen molar-refractivity contribution in [2.75, 3.05) is 7.05 Å².